The fourth-order valence-corrected chi connectivity index (χ4v) is 2.71. The minimum Gasteiger partial charge on any atom is -0.508 e. The summed E-state index contributed by atoms with van der Waals surface area (Å²) in [5.74, 6) is -1.49. The molecule has 0 aliphatic rings. The van der Waals surface area contributed by atoms with Crippen LogP contribution in [0, 0.1) is 0 Å². The molecule has 1 aromatic rings. The number of aromatic hydroxyl groups is 1. The summed E-state index contributed by atoms with van der Waals surface area (Å²) in [4.78, 5) is 11.2. The van der Waals surface area contributed by atoms with Crippen LogP contribution in [-0.2, 0) is 26.0 Å². The standard InChI is InChI=1S/C13H19NO6S/c1-2-20-7-8-21(18,19)14-12(13(16)17)9-10-3-5-11(15)6-4-10/h3-6,12,14-15H,2,7-9H2,1H3,(H,16,17). The van der Waals surface area contributed by atoms with E-state index in [-0.39, 0.29) is 24.5 Å². The number of carboxylic acid groups (broad SMARTS) is 1. The molecule has 3 N–H and O–H groups in total. The lowest BCUT2D eigenvalue weighted by Crippen LogP contribution is -2.43. The van der Waals surface area contributed by atoms with Crippen LogP contribution in [0.1, 0.15) is 12.5 Å². The summed E-state index contributed by atoms with van der Waals surface area (Å²) in [5, 5.41) is 18.3. The maximum Gasteiger partial charge on any atom is 0.322 e. The van der Waals surface area contributed by atoms with Crippen LogP contribution in [0.4, 0.5) is 0 Å². The van der Waals surface area contributed by atoms with E-state index < -0.39 is 22.0 Å². The Kier molecular flexibility index (Phi) is 6.60. The smallest absolute Gasteiger partial charge is 0.322 e. The van der Waals surface area contributed by atoms with E-state index in [9.17, 15) is 13.2 Å². The number of carboxylic acids is 1. The van der Waals surface area contributed by atoms with Gasteiger partial charge in [0.05, 0.1) is 12.4 Å². The zero-order valence-corrected chi connectivity index (χ0v) is 12.5. The van der Waals surface area contributed by atoms with Gasteiger partial charge in [-0.15, -0.1) is 0 Å². The van der Waals surface area contributed by atoms with E-state index in [0.29, 0.717) is 12.2 Å². The second kappa shape index (κ2) is 7.96. The number of aliphatic carboxylic acids is 1. The van der Waals surface area contributed by atoms with Crippen molar-refractivity contribution < 1.29 is 28.2 Å². The highest BCUT2D eigenvalue weighted by Crippen LogP contribution is 2.11. The second-order valence-corrected chi connectivity index (χ2v) is 6.27. The van der Waals surface area contributed by atoms with Crippen molar-refractivity contribution in [2.24, 2.45) is 0 Å². The highest BCUT2D eigenvalue weighted by Gasteiger charge is 2.24. The van der Waals surface area contributed by atoms with Crippen LogP contribution in [0.15, 0.2) is 24.3 Å². The second-order valence-electron chi connectivity index (χ2n) is 4.40. The minimum absolute atomic E-state index is 0.0104. The lowest BCUT2D eigenvalue weighted by atomic mass is 10.1. The number of sulfonamides is 1. The van der Waals surface area contributed by atoms with Crippen LogP contribution < -0.4 is 4.72 Å². The number of phenols is 1. The van der Waals surface area contributed by atoms with Crippen molar-refractivity contribution >= 4 is 16.0 Å². The van der Waals surface area contributed by atoms with Crippen molar-refractivity contribution in [3.05, 3.63) is 29.8 Å². The van der Waals surface area contributed by atoms with Crippen LogP contribution >= 0.6 is 0 Å². The summed E-state index contributed by atoms with van der Waals surface area (Å²) in [6, 6.07) is 4.65. The molecule has 1 rings (SSSR count). The van der Waals surface area contributed by atoms with Gasteiger partial charge in [-0.25, -0.2) is 13.1 Å². The molecule has 0 fully saturated rings. The Labute approximate surface area is 123 Å². The van der Waals surface area contributed by atoms with Gasteiger partial charge in [0.1, 0.15) is 11.8 Å². The molecule has 0 amide bonds. The average Bonchev–Trinajstić information content (AvgIpc) is 2.40. The van der Waals surface area contributed by atoms with Crippen molar-refractivity contribution in [2.75, 3.05) is 19.0 Å². The van der Waals surface area contributed by atoms with E-state index in [1.165, 1.54) is 12.1 Å². The summed E-state index contributed by atoms with van der Waals surface area (Å²) >= 11 is 0. The summed E-state index contributed by atoms with van der Waals surface area (Å²) in [7, 11) is -3.73. The normalized spacial score (nSPS) is 13.0. The van der Waals surface area contributed by atoms with Gasteiger partial charge in [-0.2, -0.15) is 0 Å². The third kappa shape index (κ3) is 6.56. The van der Waals surface area contributed by atoms with Crippen molar-refractivity contribution in [2.45, 2.75) is 19.4 Å². The quantitative estimate of drug-likeness (QED) is 0.566. The van der Waals surface area contributed by atoms with Gasteiger partial charge in [-0.05, 0) is 31.0 Å². The number of benzene rings is 1. The van der Waals surface area contributed by atoms with Crippen molar-refractivity contribution in [3.8, 4) is 5.75 Å². The molecular weight excluding hydrogens is 298 g/mol. The number of hydrogen-bond acceptors (Lipinski definition) is 5. The Morgan fingerprint density at radius 2 is 1.95 bits per heavy atom. The molecule has 7 nitrogen and oxygen atoms in total. The van der Waals surface area contributed by atoms with E-state index >= 15 is 0 Å². The molecule has 0 saturated heterocycles. The highest BCUT2D eigenvalue weighted by molar-refractivity contribution is 7.89. The van der Waals surface area contributed by atoms with E-state index in [1.807, 2.05) is 0 Å². The fraction of sp³-hybridized carbons (Fsp3) is 0.462. The number of nitrogens with one attached hydrogen (secondary N) is 1. The molecule has 0 aliphatic carbocycles. The minimum atomic E-state index is -3.73. The predicted octanol–water partition coefficient (Wildman–Crippen LogP) is 0.344. The third-order valence-corrected chi connectivity index (χ3v) is 4.04. The molecule has 1 aromatic carbocycles. The van der Waals surface area contributed by atoms with Gasteiger partial charge in [0.25, 0.3) is 0 Å². The van der Waals surface area contributed by atoms with Crippen LogP contribution in [0.3, 0.4) is 0 Å². The first kappa shape index (κ1) is 17.4. The topological polar surface area (TPSA) is 113 Å². The average molecular weight is 317 g/mol. The third-order valence-electron chi connectivity index (χ3n) is 2.70. The molecule has 0 saturated carbocycles. The van der Waals surface area contributed by atoms with Gasteiger partial charge in [-0.1, -0.05) is 12.1 Å². The van der Waals surface area contributed by atoms with Crippen molar-refractivity contribution in [3.63, 3.8) is 0 Å². The number of phenolic OH excluding ortho intramolecular Hbond substituents is 1. The molecular formula is C13H19NO6S. The first-order valence-electron chi connectivity index (χ1n) is 6.42. The molecule has 0 bridgehead atoms. The van der Waals surface area contributed by atoms with Crippen LogP contribution in [0.5, 0.6) is 5.75 Å². The molecule has 0 spiro atoms. The molecule has 0 aliphatic heterocycles. The van der Waals surface area contributed by atoms with Gasteiger partial charge >= 0.3 is 5.97 Å². The number of ether oxygens (including phenoxy) is 1. The summed E-state index contributed by atoms with van der Waals surface area (Å²) in [6.07, 6.45) is -0.0104. The first-order valence-corrected chi connectivity index (χ1v) is 8.07. The Morgan fingerprint density at radius 1 is 1.33 bits per heavy atom. The molecule has 1 atom stereocenters. The largest absolute Gasteiger partial charge is 0.508 e. The predicted molar refractivity (Wildman–Crippen MR) is 76.7 cm³/mol. The van der Waals surface area contributed by atoms with Gasteiger partial charge in [0.15, 0.2) is 0 Å². The molecule has 0 heterocycles. The van der Waals surface area contributed by atoms with Crippen LogP contribution in [0.25, 0.3) is 0 Å². The zero-order chi connectivity index (χ0) is 15.9. The maximum absolute atomic E-state index is 11.8. The molecule has 1 unspecified atom stereocenters. The molecule has 0 aromatic heterocycles. The lowest BCUT2D eigenvalue weighted by molar-refractivity contribution is -0.138. The van der Waals surface area contributed by atoms with E-state index in [2.05, 4.69) is 4.72 Å². The molecule has 8 heteroatoms. The molecule has 0 radical (unpaired) electrons. The Hall–Kier alpha value is -1.64. The van der Waals surface area contributed by atoms with Crippen molar-refractivity contribution in [1.29, 1.82) is 0 Å². The summed E-state index contributed by atoms with van der Waals surface area (Å²) in [5.41, 5.74) is 0.604. The van der Waals surface area contributed by atoms with E-state index in [1.54, 1.807) is 19.1 Å². The zero-order valence-electron chi connectivity index (χ0n) is 11.7. The Bertz CT molecular complexity index is 555. The first-order chi connectivity index (χ1) is 9.84. The monoisotopic (exact) mass is 317 g/mol. The molecule has 118 valence electrons. The Morgan fingerprint density at radius 3 is 2.48 bits per heavy atom. The Balaban J connectivity index is 2.69. The fourth-order valence-electron chi connectivity index (χ4n) is 1.64. The number of hydrogen-bond donors (Lipinski definition) is 3. The SMILES string of the molecule is CCOCCS(=O)(=O)NC(Cc1ccc(O)cc1)C(=O)O. The number of rotatable bonds is 9. The van der Waals surface area contributed by atoms with Crippen molar-refractivity contribution in [1.82, 2.24) is 4.72 Å². The van der Waals surface area contributed by atoms with Gasteiger partial charge in [0, 0.05) is 6.61 Å². The number of carbonyl (C=O) groups is 1. The highest BCUT2D eigenvalue weighted by atomic mass is 32.2. The molecule has 21 heavy (non-hydrogen) atoms. The van der Waals surface area contributed by atoms with Crippen LogP contribution in [0.2, 0.25) is 0 Å². The van der Waals surface area contributed by atoms with Gasteiger partial charge in [0.2, 0.25) is 10.0 Å². The van der Waals surface area contributed by atoms with Gasteiger partial charge in [-0.3, -0.25) is 4.79 Å². The summed E-state index contributed by atoms with van der Waals surface area (Å²) < 4.78 is 30.6. The maximum atomic E-state index is 11.8. The van der Waals surface area contributed by atoms with E-state index in [4.69, 9.17) is 14.9 Å². The van der Waals surface area contributed by atoms with Crippen LogP contribution in [-0.4, -0.2) is 49.6 Å². The summed E-state index contributed by atoms with van der Waals surface area (Å²) in [6.45, 7) is 2.15. The van der Waals surface area contributed by atoms with E-state index in [0.717, 1.165) is 0 Å². The van der Waals surface area contributed by atoms with Gasteiger partial charge < -0.3 is 14.9 Å². The lowest BCUT2D eigenvalue weighted by Gasteiger charge is -2.15.